The summed E-state index contributed by atoms with van der Waals surface area (Å²) >= 11 is 0. The zero-order valence-electron chi connectivity index (χ0n) is 12.6. The average Bonchev–Trinajstić information content (AvgIpc) is 3.09. The first kappa shape index (κ1) is 14.4. The maximum atomic E-state index is 4.43. The van der Waals surface area contributed by atoms with E-state index in [1.54, 1.807) is 0 Å². The standard InChI is InChI=1S/C15H28N4/c1-4-18(5-2)8-9-19-12-15(11-16-19)17-13(3)10-14-6-7-14/h11-14,17H,4-10H2,1-3H3. The molecule has 0 aromatic carbocycles. The topological polar surface area (TPSA) is 33.1 Å². The zero-order valence-corrected chi connectivity index (χ0v) is 12.6. The largest absolute Gasteiger partial charge is 0.380 e. The second-order valence-corrected chi connectivity index (χ2v) is 5.74. The number of rotatable bonds is 9. The lowest BCUT2D eigenvalue weighted by atomic mass is 10.1. The van der Waals surface area contributed by atoms with Crippen molar-refractivity contribution in [2.24, 2.45) is 5.92 Å². The number of hydrogen-bond acceptors (Lipinski definition) is 3. The Morgan fingerprint density at radius 2 is 2.16 bits per heavy atom. The minimum atomic E-state index is 0.563. The molecule has 1 unspecified atom stereocenters. The molecule has 1 aliphatic rings. The van der Waals surface area contributed by atoms with Crippen LogP contribution >= 0.6 is 0 Å². The van der Waals surface area contributed by atoms with Gasteiger partial charge >= 0.3 is 0 Å². The Labute approximate surface area is 117 Å². The predicted molar refractivity (Wildman–Crippen MR) is 80.4 cm³/mol. The number of anilines is 1. The van der Waals surface area contributed by atoms with Gasteiger partial charge in [0.15, 0.2) is 0 Å². The van der Waals surface area contributed by atoms with Gasteiger partial charge < -0.3 is 10.2 Å². The van der Waals surface area contributed by atoms with Crippen LogP contribution in [0.1, 0.15) is 40.0 Å². The van der Waals surface area contributed by atoms with Gasteiger partial charge in [0.1, 0.15) is 0 Å². The van der Waals surface area contributed by atoms with E-state index in [9.17, 15) is 0 Å². The minimum Gasteiger partial charge on any atom is -0.380 e. The molecular formula is C15H28N4. The molecule has 0 spiro atoms. The van der Waals surface area contributed by atoms with Crippen LogP contribution in [0, 0.1) is 5.92 Å². The maximum absolute atomic E-state index is 4.43. The molecule has 1 fully saturated rings. The van der Waals surface area contributed by atoms with Crippen molar-refractivity contribution in [1.82, 2.24) is 14.7 Å². The van der Waals surface area contributed by atoms with Crippen LogP contribution in [0.3, 0.4) is 0 Å². The SMILES string of the molecule is CCN(CC)CCn1cc(NC(C)CC2CC2)cn1. The van der Waals surface area contributed by atoms with Crippen molar-refractivity contribution in [2.45, 2.75) is 52.6 Å². The van der Waals surface area contributed by atoms with Crippen molar-refractivity contribution in [1.29, 1.82) is 0 Å². The monoisotopic (exact) mass is 264 g/mol. The van der Waals surface area contributed by atoms with Gasteiger partial charge in [-0.3, -0.25) is 4.68 Å². The number of nitrogens with one attached hydrogen (secondary N) is 1. The molecule has 1 saturated carbocycles. The molecule has 1 aromatic heterocycles. The summed E-state index contributed by atoms with van der Waals surface area (Å²) in [6.45, 7) is 11.0. The fraction of sp³-hybridized carbons (Fsp3) is 0.800. The van der Waals surface area contributed by atoms with E-state index in [2.05, 4.69) is 42.3 Å². The smallest absolute Gasteiger partial charge is 0.0728 e. The van der Waals surface area contributed by atoms with E-state index in [1.165, 1.54) is 19.3 Å². The highest BCUT2D eigenvalue weighted by atomic mass is 15.3. The normalized spacial score (nSPS) is 16.8. The first-order chi connectivity index (χ1) is 9.21. The van der Waals surface area contributed by atoms with Gasteiger partial charge in [0.25, 0.3) is 0 Å². The van der Waals surface area contributed by atoms with Gasteiger partial charge in [0, 0.05) is 18.8 Å². The van der Waals surface area contributed by atoms with Crippen molar-refractivity contribution < 1.29 is 0 Å². The molecule has 4 heteroatoms. The van der Waals surface area contributed by atoms with Gasteiger partial charge in [-0.15, -0.1) is 0 Å². The summed E-state index contributed by atoms with van der Waals surface area (Å²) < 4.78 is 2.05. The molecule has 0 radical (unpaired) electrons. The fourth-order valence-electron chi connectivity index (χ4n) is 2.54. The van der Waals surface area contributed by atoms with Gasteiger partial charge in [-0.2, -0.15) is 5.10 Å². The second kappa shape index (κ2) is 6.94. The van der Waals surface area contributed by atoms with Gasteiger partial charge in [-0.05, 0) is 32.4 Å². The third-order valence-corrected chi connectivity index (χ3v) is 3.97. The van der Waals surface area contributed by atoms with E-state index >= 15 is 0 Å². The molecule has 4 nitrogen and oxygen atoms in total. The second-order valence-electron chi connectivity index (χ2n) is 5.74. The van der Waals surface area contributed by atoms with E-state index < -0.39 is 0 Å². The molecule has 19 heavy (non-hydrogen) atoms. The molecule has 108 valence electrons. The summed E-state index contributed by atoms with van der Waals surface area (Å²) in [5, 5.41) is 7.98. The van der Waals surface area contributed by atoms with E-state index in [-0.39, 0.29) is 0 Å². The van der Waals surface area contributed by atoms with Crippen molar-refractivity contribution >= 4 is 5.69 Å². The number of aromatic nitrogens is 2. The minimum absolute atomic E-state index is 0.563. The Balaban J connectivity index is 1.74. The van der Waals surface area contributed by atoms with Crippen LogP contribution in [0.15, 0.2) is 12.4 Å². The first-order valence-corrected chi connectivity index (χ1v) is 7.72. The Bertz CT molecular complexity index is 366. The molecule has 2 rings (SSSR count). The molecule has 1 heterocycles. The van der Waals surface area contributed by atoms with Gasteiger partial charge in [0.05, 0.1) is 18.4 Å². The van der Waals surface area contributed by atoms with Crippen LogP contribution in [0.25, 0.3) is 0 Å². The first-order valence-electron chi connectivity index (χ1n) is 7.72. The highest BCUT2D eigenvalue weighted by Gasteiger charge is 2.23. The Morgan fingerprint density at radius 1 is 1.42 bits per heavy atom. The van der Waals surface area contributed by atoms with E-state index in [1.807, 2.05) is 10.9 Å². The predicted octanol–water partition coefficient (Wildman–Crippen LogP) is 2.83. The van der Waals surface area contributed by atoms with Crippen LogP contribution in [-0.2, 0) is 6.54 Å². The third kappa shape index (κ3) is 4.86. The number of nitrogens with zero attached hydrogens (tertiary/aromatic N) is 3. The third-order valence-electron chi connectivity index (χ3n) is 3.97. The Morgan fingerprint density at radius 3 is 2.79 bits per heavy atom. The number of likely N-dealkylation sites (N-methyl/N-ethyl adjacent to an activating group) is 1. The summed E-state index contributed by atoms with van der Waals surface area (Å²) in [7, 11) is 0. The Hall–Kier alpha value is -1.03. The molecule has 1 aromatic rings. The maximum Gasteiger partial charge on any atom is 0.0728 e. The Kier molecular flexibility index (Phi) is 5.25. The van der Waals surface area contributed by atoms with Gasteiger partial charge in [-0.1, -0.05) is 26.7 Å². The molecule has 1 atom stereocenters. The van der Waals surface area contributed by atoms with Gasteiger partial charge in [-0.25, -0.2) is 0 Å². The lowest BCUT2D eigenvalue weighted by molar-refractivity contribution is 0.285. The summed E-state index contributed by atoms with van der Waals surface area (Å²) in [5.41, 5.74) is 1.16. The zero-order chi connectivity index (χ0) is 13.7. The van der Waals surface area contributed by atoms with Crippen LogP contribution in [0.5, 0.6) is 0 Å². The summed E-state index contributed by atoms with van der Waals surface area (Å²) in [4.78, 5) is 2.42. The summed E-state index contributed by atoms with van der Waals surface area (Å²) in [5.74, 6) is 0.972. The van der Waals surface area contributed by atoms with Crippen LogP contribution in [0.2, 0.25) is 0 Å². The lowest BCUT2D eigenvalue weighted by Crippen LogP contribution is -2.27. The molecule has 1 N–H and O–H groups in total. The van der Waals surface area contributed by atoms with E-state index in [4.69, 9.17) is 0 Å². The van der Waals surface area contributed by atoms with Gasteiger partial charge in [0.2, 0.25) is 0 Å². The lowest BCUT2D eigenvalue weighted by Gasteiger charge is -2.17. The molecule has 0 saturated heterocycles. The molecule has 0 aliphatic heterocycles. The van der Waals surface area contributed by atoms with Crippen molar-refractivity contribution in [3.05, 3.63) is 12.4 Å². The van der Waals surface area contributed by atoms with Crippen LogP contribution in [-0.4, -0.2) is 40.4 Å². The average molecular weight is 264 g/mol. The van der Waals surface area contributed by atoms with E-state index in [0.717, 1.165) is 37.8 Å². The van der Waals surface area contributed by atoms with Crippen molar-refractivity contribution in [3.8, 4) is 0 Å². The highest BCUT2D eigenvalue weighted by Crippen LogP contribution is 2.33. The molecule has 0 bridgehead atoms. The highest BCUT2D eigenvalue weighted by molar-refractivity contribution is 5.39. The summed E-state index contributed by atoms with van der Waals surface area (Å²) in [6.07, 6.45) is 8.23. The molecular weight excluding hydrogens is 236 g/mol. The van der Waals surface area contributed by atoms with Crippen molar-refractivity contribution in [3.63, 3.8) is 0 Å². The number of hydrogen-bond donors (Lipinski definition) is 1. The van der Waals surface area contributed by atoms with Crippen LogP contribution in [0.4, 0.5) is 5.69 Å². The quantitative estimate of drug-likeness (QED) is 0.744. The van der Waals surface area contributed by atoms with E-state index in [0.29, 0.717) is 6.04 Å². The van der Waals surface area contributed by atoms with Crippen molar-refractivity contribution in [2.75, 3.05) is 25.0 Å². The fourth-order valence-corrected chi connectivity index (χ4v) is 2.54. The molecule has 0 amide bonds. The molecule has 1 aliphatic carbocycles. The van der Waals surface area contributed by atoms with Crippen LogP contribution < -0.4 is 5.32 Å². The summed E-state index contributed by atoms with van der Waals surface area (Å²) in [6, 6.07) is 0.563.